The standard InChI is InChI=1S/C13H18O4/c1-10(17-13(14)15-3)9-16-11(2)12-7-5-4-6-8-12/h4-8,10-11H,9H2,1-3H3. The van der Waals surface area contributed by atoms with Crippen molar-refractivity contribution >= 4 is 6.16 Å². The zero-order valence-electron chi connectivity index (χ0n) is 10.4. The third-order valence-corrected chi connectivity index (χ3v) is 2.31. The summed E-state index contributed by atoms with van der Waals surface area (Å²) in [5.74, 6) is 0. The van der Waals surface area contributed by atoms with Crippen LogP contribution in [-0.2, 0) is 14.2 Å². The Morgan fingerprint density at radius 1 is 1.24 bits per heavy atom. The molecule has 4 nitrogen and oxygen atoms in total. The van der Waals surface area contributed by atoms with Crippen molar-refractivity contribution < 1.29 is 19.0 Å². The summed E-state index contributed by atoms with van der Waals surface area (Å²) in [6.45, 7) is 4.06. The summed E-state index contributed by atoms with van der Waals surface area (Å²) in [4.78, 5) is 10.8. The van der Waals surface area contributed by atoms with E-state index < -0.39 is 6.16 Å². The molecule has 0 amide bonds. The highest BCUT2D eigenvalue weighted by Crippen LogP contribution is 2.16. The van der Waals surface area contributed by atoms with Crippen LogP contribution in [0.2, 0.25) is 0 Å². The van der Waals surface area contributed by atoms with Crippen molar-refractivity contribution in [3.05, 3.63) is 35.9 Å². The van der Waals surface area contributed by atoms with Gasteiger partial charge in [-0.1, -0.05) is 30.3 Å². The van der Waals surface area contributed by atoms with Gasteiger partial charge >= 0.3 is 6.16 Å². The summed E-state index contributed by atoms with van der Waals surface area (Å²) >= 11 is 0. The summed E-state index contributed by atoms with van der Waals surface area (Å²) < 4.78 is 14.9. The van der Waals surface area contributed by atoms with E-state index in [0.29, 0.717) is 6.61 Å². The lowest BCUT2D eigenvalue weighted by atomic mass is 10.1. The van der Waals surface area contributed by atoms with E-state index in [4.69, 9.17) is 9.47 Å². The summed E-state index contributed by atoms with van der Waals surface area (Å²) in [6, 6.07) is 9.87. The lowest BCUT2D eigenvalue weighted by molar-refractivity contribution is -0.0238. The molecule has 94 valence electrons. The Morgan fingerprint density at radius 2 is 1.88 bits per heavy atom. The number of carbonyl (C=O) groups is 1. The van der Waals surface area contributed by atoms with Gasteiger partial charge in [-0.05, 0) is 19.4 Å². The number of hydrogen-bond acceptors (Lipinski definition) is 4. The van der Waals surface area contributed by atoms with Crippen molar-refractivity contribution in [3.63, 3.8) is 0 Å². The molecule has 0 spiro atoms. The molecule has 1 rings (SSSR count). The van der Waals surface area contributed by atoms with Gasteiger partial charge < -0.3 is 14.2 Å². The molecule has 0 aliphatic carbocycles. The average Bonchev–Trinajstić information content (AvgIpc) is 2.36. The second-order valence-corrected chi connectivity index (χ2v) is 3.77. The van der Waals surface area contributed by atoms with Crippen molar-refractivity contribution in [3.8, 4) is 0 Å². The lowest BCUT2D eigenvalue weighted by Crippen LogP contribution is -2.21. The predicted molar refractivity (Wildman–Crippen MR) is 63.8 cm³/mol. The number of hydrogen-bond donors (Lipinski definition) is 0. The van der Waals surface area contributed by atoms with Crippen LogP contribution in [-0.4, -0.2) is 26.0 Å². The van der Waals surface area contributed by atoms with Crippen LogP contribution in [0.4, 0.5) is 4.79 Å². The quantitative estimate of drug-likeness (QED) is 0.740. The summed E-state index contributed by atoms with van der Waals surface area (Å²) in [6.07, 6.45) is -1.04. The monoisotopic (exact) mass is 238 g/mol. The van der Waals surface area contributed by atoms with Gasteiger partial charge in [0, 0.05) is 0 Å². The number of benzene rings is 1. The van der Waals surface area contributed by atoms with Crippen LogP contribution < -0.4 is 0 Å². The molecule has 17 heavy (non-hydrogen) atoms. The number of rotatable bonds is 5. The minimum atomic E-state index is -0.687. The fourth-order valence-corrected chi connectivity index (χ4v) is 1.35. The molecule has 2 atom stereocenters. The van der Waals surface area contributed by atoms with Gasteiger partial charge in [0.25, 0.3) is 0 Å². The van der Waals surface area contributed by atoms with Crippen LogP contribution in [0.1, 0.15) is 25.5 Å². The molecule has 0 aromatic heterocycles. The third kappa shape index (κ3) is 4.87. The van der Waals surface area contributed by atoms with E-state index >= 15 is 0 Å². The number of ether oxygens (including phenoxy) is 3. The van der Waals surface area contributed by atoms with Crippen LogP contribution in [0.5, 0.6) is 0 Å². The van der Waals surface area contributed by atoms with Gasteiger partial charge in [0.2, 0.25) is 0 Å². The Hall–Kier alpha value is -1.55. The van der Waals surface area contributed by atoms with Crippen molar-refractivity contribution in [2.24, 2.45) is 0 Å². The maximum Gasteiger partial charge on any atom is 0.508 e. The second kappa shape index (κ2) is 6.91. The molecule has 2 unspecified atom stereocenters. The zero-order valence-corrected chi connectivity index (χ0v) is 10.4. The van der Waals surface area contributed by atoms with Crippen molar-refractivity contribution in [1.29, 1.82) is 0 Å². The number of methoxy groups -OCH3 is 1. The molecule has 0 saturated carbocycles. The molecular weight excluding hydrogens is 220 g/mol. The lowest BCUT2D eigenvalue weighted by Gasteiger charge is -2.17. The Balaban J connectivity index is 2.33. The van der Waals surface area contributed by atoms with E-state index in [1.54, 1.807) is 6.92 Å². The van der Waals surface area contributed by atoms with E-state index in [9.17, 15) is 4.79 Å². The van der Waals surface area contributed by atoms with Gasteiger partial charge in [0.05, 0.1) is 19.8 Å². The van der Waals surface area contributed by atoms with Gasteiger partial charge in [-0.2, -0.15) is 0 Å². The Bertz CT molecular complexity index is 337. The Kier molecular flexibility index (Phi) is 5.49. The van der Waals surface area contributed by atoms with Crippen molar-refractivity contribution in [2.75, 3.05) is 13.7 Å². The predicted octanol–water partition coefficient (Wildman–Crippen LogP) is 2.94. The van der Waals surface area contributed by atoms with E-state index in [-0.39, 0.29) is 12.2 Å². The molecule has 4 heteroatoms. The maximum atomic E-state index is 10.8. The molecule has 0 radical (unpaired) electrons. The van der Waals surface area contributed by atoms with Gasteiger partial charge in [-0.25, -0.2) is 4.79 Å². The normalized spacial score (nSPS) is 13.8. The fraction of sp³-hybridized carbons (Fsp3) is 0.462. The fourth-order valence-electron chi connectivity index (χ4n) is 1.35. The molecule has 1 aromatic carbocycles. The molecular formula is C13H18O4. The molecule has 0 bridgehead atoms. The first-order chi connectivity index (χ1) is 8.13. The minimum absolute atomic E-state index is 0.0279. The van der Waals surface area contributed by atoms with Gasteiger partial charge in [-0.3, -0.25) is 0 Å². The van der Waals surface area contributed by atoms with Crippen molar-refractivity contribution in [1.82, 2.24) is 0 Å². The van der Waals surface area contributed by atoms with E-state index in [1.807, 2.05) is 37.3 Å². The van der Waals surface area contributed by atoms with Crippen molar-refractivity contribution in [2.45, 2.75) is 26.1 Å². The summed E-state index contributed by atoms with van der Waals surface area (Å²) in [7, 11) is 1.28. The topological polar surface area (TPSA) is 44.8 Å². The Labute approximate surface area is 101 Å². The van der Waals surface area contributed by atoms with Crippen LogP contribution in [0.25, 0.3) is 0 Å². The molecule has 0 N–H and O–H groups in total. The van der Waals surface area contributed by atoms with Crippen LogP contribution in [0.3, 0.4) is 0 Å². The average molecular weight is 238 g/mol. The molecule has 0 aliphatic rings. The third-order valence-electron chi connectivity index (χ3n) is 2.31. The van der Waals surface area contributed by atoms with E-state index in [1.165, 1.54) is 7.11 Å². The van der Waals surface area contributed by atoms with Crippen LogP contribution >= 0.6 is 0 Å². The molecule has 0 saturated heterocycles. The number of carbonyl (C=O) groups excluding carboxylic acids is 1. The second-order valence-electron chi connectivity index (χ2n) is 3.77. The highest BCUT2D eigenvalue weighted by Gasteiger charge is 2.12. The molecule has 1 aromatic rings. The largest absolute Gasteiger partial charge is 0.508 e. The van der Waals surface area contributed by atoms with Gasteiger partial charge in [0.1, 0.15) is 6.10 Å². The molecule has 0 heterocycles. The van der Waals surface area contributed by atoms with Gasteiger partial charge in [-0.15, -0.1) is 0 Å². The summed E-state index contributed by atoms with van der Waals surface area (Å²) in [5.41, 5.74) is 1.10. The zero-order chi connectivity index (χ0) is 12.7. The highest BCUT2D eigenvalue weighted by molar-refractivity contribution is 5.59. The first-order valence-electron chi connectivity index (χ1n) is 5.54. The van der Waals surface area contributed by atoms with Crippen LogP contribution in [0, 0.1) is 0 Å². The molecule has 0 fully saturated rings. The van der Waals surface area contributed by atoms with E-state index in [2.05, 4.69) is 4.74 Å². The molecule has 0 aliphatic heterocycles. The minimum Gasteiger partial charge on any atom is -0.438 e. The first-order valence-corrected chi connectivity index (χ1v) is 5.54. The smallest absolute Gasteiger partial charge is 0.438 e. The summed E-state index contributed by atoms with van der Waals surface area (Å²) in [5, 5.41) is 0. The van der Waals surface area contributed by atoms with E-state index in [0.717, 1.165) is 5.56 Å². The van der Waals surface area contributed by atoms with Crippen LogP contribution in [0.15, 0.2) is 30.3 Å². The SMILES string of the molecule is COC(=O)OC(C)COC(C)c1ccccc1. The van der Waals surface area contributed by atoms with Gasteiger partial charge in [0.15, 0.2) is 0 Å². The maximum absolute atomic E-state index is 10.8. The highest BCUT2D eigenvalue weighted by atomic mass is 16.7. The first kappa shape index (κ1) is 13.5. The Morgan fingerprint density at radius 3 is 2.47 bits per heavy atom.